The topological polar surface area (TPSA) is 66.5 Å². The Kier molecular flexibility index (Phi) is 6.30. The molecule has 1 N–H and O–H groups in total. The Balaban J connectivity index is 1.52. The van der Waals surface area contributed by atoms with Crippen LogP contribution in [0.15, 0.2) is 78.9 Å². The van der Waals surface area contributed by atoms with Gasteiger partial charge in [-0.2, -0.15) is 0 Å². The van der Waals surface area contributed by atoms with Gasteiger partial charge in [0.05, 0.1) is 17.5 Å². The van der Waals surface area contributed by atoms with Gasteiger partial charge in [0, 0.05) is 17.1 Å². The molecule has 0 radical (unpaired) electrons. The third-order valence-corrected chi connectivity index (χ3v) is 7.50. The summed E-state index contributed by atoms with van der Waals surface area (Å²) in [6.07, 6.45) is 1.24. The summed E-state index contributed by atoms with van der Waals surface area (Å²) in [6.45, 7) is 0.477. The second-order valence-electron chi connectivity index (χ2n) is 7.56. The van der Waals surface area contributed by atoms with E-state index < -0.39 is 10.0 Å². The van der Waals surface area contributed by atoms with E-state index in [1.54, 1.807) is 24.3 Å². The van der Waals surface area contributed by atoms with E-state index in [1.807, 2.05) is 54.6 Å². The molecule has 1 aliphatic rings. The average molecular weight is 455 g/mol. The van der Waals surface area contributed by atoms with Crippen LogP contribution in [0.4, 0.5) is 5.69 Å². The van der Waals surface area contributed by atoms with Gasteiger partial charge < -0.3 is 5.32 Å². The van der Waals surface area contributed by atoms with Crippen LogP contribution in [-0.4, -0.2) is 26.6 Å². The van der Waals surface area contributed by atoms with Crippen molar-refractivity contribution in [2.45, 2.75) is 18.9 Å². The minimum Gasteiger partial charge on any atom is -0.345 e. The van der Waals surface area contributed by atoms with Crippen molar-refractivity contribution < 1.29 is 13.2 Å². The van der Waals surface area contributed by atoms with Crippen LogP contribution in [0.3, 0.4) is 0 Å². The number of nitrogens with zero attached hydrogens (tertiary/aromatic N) is 1. The Morgan fingerprint density at radius 1 is 0.968 bits per heavy atom. The quantitative estimate of drug-likeness (QED) is 0.592. The van der Waals surface area contributed by atoms with Crippen LogP contribution < -0.4 is 9.62 Å². The molecule has 3 aromatic rings. The molecule has 0 aromatic heterocycles. The van der Waals surface area contributed by atoms with Crippen molar-refractivity contribution in [2.75, 3.05) is 16.6 Å². The lowest BCUT2D eigenvalue weighted by molar-refractivity contribution is 0.0936. The van der Waals surface area contributed by atoms with Gasteiger partial charge >= 0.3 is 0 Å². The molecule has 1 atom stereocenters. The lowest BCUT2D eigenvalue weighted by Crippen LogP contribution is -2.30. The first-order valence-electron chi connectivity index (χ1n) is 10.1. The lowest BCUT2D eigenvalue weighted by Gasteiger charge is -2.20. The second kappa shape index (κ2) is 9.12. The molecular formula is C24H23ClN2O3S. The minimum absolute atomic E-state index is 0.165. The van der Waals surface area contributed by atoms with Crippen molar-refractivity contribution in [1.82, 2.24) is 5.32 Å². The van der Waals surface area contributed by atoms with Crippen LogP contribution in [0.1, 0.15) is 33.9 Å². The zero-order valence-electron chi connectivity index (χ0n) is 16.9. The number of hydrogen-bond donors (Lipinski definition) is 1. The minimum atomic E-state index is -3.24. The van der Waals surface area contributed by atoms with Crippen molar-refractivity contribution in [3.8, 4) is 0 Å². The van der Waals surface area contributed by atoms with Gasteiger partial charge in [-0.3, -0.25) is 9.10 Å². The van der Waals surface area contributed by atoms with E-state index in [1.165, 1.54) is 4.31 Å². The van der Waals surface area contributed by atoms with Crippen molar-refractivity contribution in [2.24, 2.45) is 0 Å². The van der Waals surface area contributed by atoms with Gasteiger partial charge in [0.1, 0.15) is 0 Å². The Labute approximate surface area is 187 Å². The van der Waals surface area contributed by atoms with Gasteiger partial charge in [0.2, 0.25) is 10.0 Å². The summed E-state index contributed by atoms with van der Waals surface area (Å²) in [7, 11) is -3.24. The standard InChI is InChI=1S/C24H23ClN2O3S/c25-21-11-7-18(8-12-21)17-23(19-5-2-1-3-6-19)26-24(28)20-9-13-22(14-10-20)27-15-4-16-31(27,29)30/h1-3,5-14,23H,4,15-17H2,(H,26,28). The van der Waals surface area contributed by atoms with E-state index in [2.05, 4.69) is 5.32 Å². The van der Waals surface area contributed by atoms with Crippen LogP contribution in [0.25, 0.3) is 0 Å². The van der Waals surface area contributed by atoms with E-state index in [0.29, 0.717) is 35.7 Å². The highest BCUT2D eigenvalue weighted by Gasteiger charge is 2.28. The van der Waals surface area contributed by atoms with E-state index in [9.17, 15) is 13.2 Å². The van der Waals surface area contributed by atoms with Gasteiger partial charge in [0.15, 0.2) is 0 Å². The number of hydrogen-bond acceptors (Lipinski definition) is 3. The zero-order valence-corrected chi connectivity index (χ0v) is 18.4. The largest absolute Gasteiger partial charge is 0.345 e. The summed E-state index contributed by atoms with van der Waals surface area (Å²) in [6, 6.07) is 23.9. The number of halogens is 1. The Morgan fingerprint density at radius 2 is 1.65 bits per heavy atom. The summed E-state index contributed by atoms with van der Waals surface area (Å²) in [5, 5.41) is 3.78. The molecule has 0 bridgehead atoms. The molecule has 3 aromatic carbocycles. The molecule has 1 saturated heterocycles. The van der Waals surface area contributed by atoms with E-state index in [4.69, 9.17) is 11.6 Å². The molecule has 1 heterocycles. The number of carbonyl (C=O) groups is 1. The van der Waals surface area contributed by atoms with Crippen molar-refractivity contribution in [3.63, 3.8) is 0 Å². The van der Waals surface area contributed by atoms with Gasteiger partial charge in [-0.25, -0.2) is 8.42 Å². The van der Waals surface area contributed by atoms with Crippen LogP contribution in [-0.2, 0) is 16.4 Å². The van der Waals surface area contributed by atoms with Crippen molar-refractivity contribution in [3.05, 3.63) is 101 Å². The highest BCUT2D eigenvalue weighted by Crippen LogP contribution is 2.25. The van der Waals surface area contributed by atoms with Gasteiger partial charge in [-0.15, -0.1) is 0 Å². The summed E-state index contributed by atoms with van der Waals surface area (Å²) in [4.78, 5) is 13.0. The normalized spacial score (nSPS) is 16.1. The molecule has 31 heavy (non-hydrogen) atoms. The SMILES string of the molecule is O=C(NC(Cc1ccc(Cl)cc1)c1ccccc1)c1ccc(N2CCCS2(=O)=O)cc1. The number of nitrogens with one attached hydrogen (secondary N) is 1. The third-order valence-electron chi connectivity index (χ3n) is 5.38. The molecule has 5 nitrogen and oxygen atoms in total. The van der Waals surface area contributed by atoms with Crippen molar-refractivity contribution in [1.29, 1.82) is 0 Å². The van der Waals surface area contributed by atoms with E-state index in [-0.39, 0.29) is 17.7 Å². The van der Waals surface area contributed by atoms with Gasteiger partial charge in [-0.05, 0) is 60.4 Å². The second-order valence-corrected chi connectivity index (χ2v) is 10.0. The fraction of sp³-hybridized carbons (Fsp3) is 0.208. The monoisotopic (exact) mass is 454 g/mol. The zero-order chi connectivity index (χ0) is 21.8. The summed E-state index contributed by atoms with van der Waals surface area (Å²) >= 11 is 6.00. The van der Waals surface area contributed by atoms with Crippen LogP contribution >= 0.6 is 11.6 Å². The molecule has 1 unspecified atom stereocenters. The summed E-state index contributed by atoms with van der Waals surface area (Å²) < 4.78 is 25.6. The lowest BCUT2D eigenvalue weighted by atomic mass is 9.98. The first-order valence-corrected chi connectivity index (χ1v) is 12.1. The predicted octanol–water partition coefficient (Wildman–Crippen LogP) is 4.59. The van der Waals surface area contributed by atoms with Gasteiger partial charge in [-0.1, -0.05) is 54.1 Å². The molecule has 0 spiro atoms. The number of carbonyl (C=O) groups excluding carboxylic acids is 1. The Bertz CT molecular complexity index is 1150. The Hall–Kier alpha value is -2.83. The fourth-order valence-electron chi connectivity index (χ4n) is 3.74. The molecule has 160 valence electrons. The molecule has 4 rings (SSSR count). The molecule has 0 saturated carbocycles. The molecule has 1 aliphatic heterocycles. The highest BCUT2D eigenvalue weighted by atomic mass is 35.5. The number of amides is 1. The molecule has 0 aliphatic carbocycles. The first-order chi connectivity index (χ1) is 14.9. The number of sulfonamides is 1. The third kappa shape index (κ3) is 5.09. The van der Waals surface area contributed by atoms with Crippen LogP contribution in [0.5, 0.6) is 0 Å². The average Bonchev–Trinajstić information content (AvgIpc) is 3.14. The summed E-state index contributed by atoms with van der Waals surface area (Å²) in [5.74, 6) is -0.0442. The highest BCUT2D eigenvalue weighted by molar-refractivity contribution is 7.93. The maximum Gasteiger partial charge on any atom is 0.251 e. The number of rotatable bonds is 6. The van der Waals surface area contributed by atoms with Crippen molar-refractivity contribution >= 4 is 33.2 Å². The summed E-state index contributed by atoms with van der Waals surface area (Å²) in [5.41, 5.74) is 3.14. The van der Waals surface area contributed by atoms with Crippen LogP contribution in [0, 0.1) is 0 Å². The molecular weight excluding hydrogens is 432 g/mol. The number of anilines is 1. The number of benzene rings is 3. The smallest absolute Gasteiger partial charge is 0.251 e. The Morgan fingerprint density at radius 3 is 2.26 bits per heavy atom. The van der Waals surface area contributed by atoms with Gasteiger partial charge in [0.25, 0.3) is 5.91 Å². The molecule has 1 fully saturated rings. The maximum absolute atomic E-state index is 13.0. The van der Waals surface area contributed by atoms with Crippen LogP contribution in [0.2, 0.25) is 5.02 Å². The maximum atomic E-state index is 13.0. The molecule has 7 heteroatoms. The molecule has 1 amide bonds. The first kappa shape index (κ1) is 21.4. The van der Waals surface area contributed by atoms with E-state index >= 15 is 0 Å². The van der Waals surface area contributed by atoms with E-state index in [0.717, 1.165) is 11.1 Å². The fourth-order valence-corrected chi connectivity index (χ4v) is 5.43. The predicted molar refractivity (Wildman–Crippen MR) is 124 cm³/mol.